The van der Waals surface area contributed by atoms with Gasteiger partial charge in [-0.2, -0.15) is 0 Å². The molecule has 0 aliphatic heterocycles. The third-order valence-electron chi connectivity index (χ3n) is 2.90. The highest BCUT2D eigenvalue weighted by atomic mass is 16.3. The number of rotatable bonds is 3. The minimum Gasteiger partial charge on any atom is -0.379 e. The molecule has 6 nitrogen and oxygen atoms in total. The zero-order chi connectivity index (χ0) is 13.9. The maximum Gasteiger partial charge on any atom is 0.163 e. The summed E-state index contributed by atoms with van der Waals surface area (Å²) in [5, 5.41) is 18.2. The number of aliphatic hydroxyl groups is 1. The summed E-state index contributed by atoms with van der Waals surface area (Å²) in [6, 6.07) is 9.49. The van der Waals surface area contributed by atoms with Gasteiger partial charge in [0.1, 0.15) is 5.69 Å². The molecule has 1 aromatic carbocycles. The number of aliphatic hydroxyl groups excluding tert-OH is 1. The number of aromatic nitrogens is 5. The summed E-state index contributed by atoms with van der Waals surface area (Å²) in [5.74, 6) is 0.329. The van der Waals surface area contributed by atoms with Crippen LogP contribution in [0.4, 0.5) is 0 Å². The standard InChI is InChI=1S/C14H13N5O/c1-10-7-15-14(16-8-10)13(20)12-9-17-18-19(12)11-5-3-2-4-6-11/h2-9,13,20H,1H3. The Morgan fingerprint density at radius 1 is 1.05 bits per heavy atom. The van der Waals surface area contributed by atoms with Crippen LogP contribution in [0.25, 0.3) is 5.69 Å². The van der Waals surface area contributed by atoms with E-state index in [-0.39, 0.29) is 0 Å². The summed E-state index contributed by atoms with van der Waals surface area (Å²) >= 11 is 0. The fourth-order valence-corrected chi connectivity index (χ4v) is 1.88. The summed E-state index contributed by atoms with van der Waals surface area (Å²) in [5.41, 5.74) is 2.29. The summed E-state index contributed by atoms with van der Waals surface area (Å²) in [6.07, 6.45) is 3.89. The Kier molecular flexibility index (Phi) is 3.22. The van der Waals surface area contributed by atoms with E-state index in [0.29, 0.717) is 11.5 Å². The zero-order valence-electron chi connectivity index (χ0n) is 10.9. The largest absolute Gasteiger partial charge is 0.379 e. The lowest BCUT2D eigenvalue weighted by Gasteiger charge is -2.11. The Morgan fingerprint density at radius 3 is 2.45 bits per heavy atom. The molecule has 2 heterocycles. The molecule has 0 saturated heterocycles. The number of aryl methyl sites for hydroxylation is 1. The van der Waals surface area contributed by atoms with Gasteiger partial charge in [-0.25, -0.2) is 14.6 Å². The Labute approximate surface area is 115 Å². The van der Waals surface area contributed by atoms with Crippen LogP contribution in [0.1, 0.15) is 23.2 Å². The molecule has 0 bridgehead atoms. The summed E-state index contributed by atoms with van der Waals surface area (Å²) in [4.78, 5) is 8.28. The zero-order valence-corrected chi connectivity index (χ0v) is 10.9. The lowest BCUT2D eigenvalue weighted by Crippen LogP contribution is -2.11. The smallest absolute Gasteiger partial charge is 0.163 e. The molecule has 0 amide bonds. The molecule has 0 spiro atoms. The van der Waals surface area contributed by atoms with E-state index < -0.39 is 6.10 Å². The number of hydrogen-bond acceptors (Lipinski definition) is 5. The first-order valence-electron chi connectivity index (χ1n) is 6.18. The molecule has 0 aliphatic carbocycles. The minimum absolute atomic E-state index is 0.329. The van der Waals surface area contributed by atoms with Gasteiger partial charge in [0.05, 0.1) is 11.9 Å². The maximum atomic E-state index is 10.4. The van der Waals surface area contributed by atoms with Gasteiger partial charge in [-0.3, -0.25) is 0 Å². The van der Waals surface area contributed by atoms with Crippen molar-refractivity contribution in [2.24, 2.45) is 0 Å². The van der Waals surface area contributed by atoms with E-state index in [9.17, 15) is 5.11 Å². The molecule has 0 aliphatic rings. The predicted molar refractivity (Wildman–Crippen MR) is 72.2 cm³/mol. The second-order valence-electron chi connectivity index (χ2n) is 4.43. The second kappa shape index (κ2) is 5.18. The quantitative estimate of drug-likeness (QED) is 0.777. The molecule has 1 atom stereocenters. The van der Waals surface area contributed by atoms with Crippen LogP contribution in [0.3, 0.4) is 0 Å². The first-order chi connectivity index (χ1) is 9.75. The molecule has 1 unspecified atom stereocenters. The molecular formula is C14H13N5O. The van der Waals surface area contributed by atoms with Gasteiger partial charge in [0.25, 0.3) is 0 Å². The first kappa shape index (κ1) is 12.4. The number of benzene rings is 1. The van der Waals surface area contributed by atoms with Gasteiger partial charge in [0.15, 0.2) is 11.9 Å². The Hall–Kier alpha value is -2.60. The fraction of sp³-hybridized carbons (Fsp3) is 0.143. The van der Waals surface area contributed by atoms with Crippen LogP contribution in [0, 0.1) is 6.92 Å². The fourth-order valence-electron chi connectivity index (χ4n) is 1.88. The molecule has 1 N–H and O–H groups in total. The van der Waals surface area contributed by atoms with Crippen molar-refractivity contribution in [2.75, 3.05) is 0 Å². The highest BCUT2D eigenvalue weighted by Crippen LogP contribution is 2.20. The van der Waals surface area contributed by atoms with Gasteiger partial charge in [-0.05, 0) is 24.6 Å². The van der Waals surface area contributed by atoms with Crippen molar-refractivity contribution < 1.29 is 5.11 Å². The van der Waals surface area contributed by atoms with E-state index in [1.165, 1.54) is 6.20 Å². The number of para-hydroxylation sites is 1. The van der Waals surface area contributed by atoms with Crippen LogP contribution in [0.15, 0.2) is 48.9 Å². The highest BCUT2D eigenvalue weighted by Gasteiger charge is 2.19. The monoisotopic (exact) mass is 267 g/mol. The van der Waals surface area contributed by atoms with Crippen LogP contribution in [0.5, 0.6) is 0 Å². The Balaban J connectivity index is 1.99. The average Bonchev–Trinajstić information content (AvgIpc) is 2.97. The minimum atomic E-state index is -0.967. The van der Waals surface area contributed by atoms with E-state index in [1.807, 2.05) is 37.3 Å². The van der Waals surface area contributed by atoms with Gasteiger partial charge < -0.3 is 5.11 Å². The first-order valence-corrected chi connectivity index (χ1v) is 6.18. The van der Waals surface area contributed by atoms with Crippen LogP contribution < -0.4 is 0 Å². The van der Waals surface area contributed by atoms with Crippen LogP contribution in [-0.2, 0) is 0 Å². The van der Waals surface area contributed by atoms with Gasteiger partial charge in [0, 0.05) is 12.4 Å². The van der Waals surface area contributed by atoms with E-state index in [0.717, 1.165) is 11.3 Å². The second-order valence-corrected chi connectivity index (χ2v) is 4.43. The van der Waals surface area contributed by atoms with Crippen molar-refractivity contribution in [1.82, 2.24) is 25.0 Å². The third kappa shape index (κ3) is 2.28. The SMILES string of the molecule is Cc1cnc(C(O)c2cnnn2-c2ccccc2)nc1. The van der Waals surface area contributed by atoms with Gasteiger partial charge in [-0.1, -0.05) is 23.4 Å². The van der Waals surface area contributed by atoms with E-state index in [2.05, 4.69) is 20.3 Å². The van der Waals surface area contributed by atoms with Crippen LogP contribution in [-0.4, -0.2) is 30.1 Å². The van der Waals surface area contributed by atoms with E-state index >= 15 is 0 Å². The van der Waals surface area contributed by atoms with Crippen molar-refractivity contribution in [2.45, 2.75) is 13.0 Å². The van der Waals surface area contributed by atoms with Gasteiger partial charge in [-0.15, -0.1) is 5.10 Å². The Bertz CT molecular complexity index is 693. The molecule has 6 heteroatoms. The summed E-state index contributed by atoms with van der Waals surface area (Å²) in [7, 11) is 0. The van der Waals surface area contributed by atoms with E-state index in [1.54, 1.807) is 17.1 Å². The van der Waals surface area contributed by atoms with E-state index in [4.69, 9.17) is 0 Å². The molecule has 20 heavy (non-hydrogen) atoms. The molecule has 0 saturated carbocycles. The van der Waals surface area contributed by atoms with Crippen LogP contribution in [0.2, 0.25) is 0 Å². The topological polar surface area (TPSA) is 76.7 Å². The predicted octanol–water partition coefficient (Wildman–Crippen LogP) is 1.45. The van der Waals surface area contributed by atoms with Gasteiger partial charge in [0.2, 0.25) is 0 Å². The third-order valence-corrected chi connectivity index (χ3v) is 2.90. The molecule has 3 rings (SSSR count). The van der Waals surface area contributed by atoms with Crippen molar-refractivity contribution >= 4 is 0 Å². The number of hydrogen-bond donors (Lipinski definition) is 1. The average molecular weight is 267 g/mol. The molecule has 3 aromatic rings. The lowest BCUT2D eigenvalue weighted by atomic mass is 10.2. The van der Waals surface area contributed by atoms with Gasteiger partial charge >= 0.3 is 0 Å². The summed E-state index contributed by atoms with van der Waals surface area (Å²) in [6.45, 7) is 1.89. The van der Waals surface area contributed by atoms with Crippen molar-refractivity contribution in [1.29, 1.82) is 0 Å². The Morgan fingerprint density at radius 2 is 1.75 bits per heavy atom. The van der Waals surface area contributed by atoms with Crippen molar-refractivity contribution in [3.8, 4) is 5.69 Å². The molecule has 2 aromatic heterocycles. The molecule has 0 fully saturated rings. The number of nitrogens with zero attached hydrogens (tertiary/aromatic N) is 5. The lowest BCUT2D eigenvalue weighted by molar-refractivity contribution is 0.201. The summed E-state index contributed by atoms with van der Waals surface area (Å²) < 4.78 is 1.58. The molecule has 0 radical (unpaired) electrons. The highest BCUT2D eigenvalue weighted by molar-refractivity contribution is 5.32. The molecular weight excluding hydrogens is 254 g/mol. The molecule has 100 valence electrons. The van der Waals surface area contributed by atoms with Crippen LogP contribution >= 0.6 is 0 Å². The van der Waals surface area contributed by atoms with Crippen molar-refractivity contribution in [3.05, 3.63) is 66.0 Å². The van der Waals surface area contributed by atoms with Crippen molar-refractivity contribution in [3.63, 3.8) is 0 Å². The maximum absolute atomic E-state index is 10.4. The normalized spacial score (nSPS) is 12.3.